The van der Waals surface area contributed by atoms with Gasteiger partial charge in [0.15, 0.2) is 10.7 Å². The molecule has 0 spiro atoms. The Kier molecular flexibility index (Phi) is 5.87. The molecule has 0 aliphatic rings. The van der Waals surface area contributed by atoms with Gasteiger partial charge in [-0.05, 0) is 85.2 Å². The number of phenolic OH excluding ortho intramolecular Hbond substituents is 1. The van der Waals surface area contributed by atoms with E-state index < -0.39 is 11.7 Å². The minimum Gasteiger partial charge on any atom is -0.507 e. The van der Waals surface area contributed by atoms with Crippen LogP contribution >= 0.6 is 12.2 Å². The molecule has 0 saturated carbocycles. The topological polar surface area (TPSA) is 87.4 Å². The van der Waals surface area contributed by atoms with Gasteiger partial charge in [0, 0.05) is 11.3 Å². The van der Waals surface area contributed by atoms with E-state index in [4.69, 9.17) is 16.6 Å². The van der Waals surface area contributed by atoms with Crippen molar-refractivity contribution in [2.75, 3.05) is 5.32 Å². The quantitative estimate of drug-likeness (QED) is 0.288. The minimum atomic E-state index is -0.469. The number of aromatic hydroxyl groups is 1. The van der Waals surface area contributed by atoms with Gasteiger partial charge in [-0.25, -0.2) is 9.37 Å². The molecule has 0 saturated heterocycles. The second-order valence-corrected chi connectivity index (χ2v) is 7.69. The van der Waals surface area contributed by atoms with Crippen LogP contribution in [0.2, 0.25) is 0 Å². The number of amides is 1. The molecule has 0 atom stereocenters. The number of phenols is 1. The van der Waals surface area contributed by atoms with Crippen molar-refractivity contribution < 1.29 is 18.7 Å². The Labute approximate surface area is 189 Å². The number of carbonyl (C=O) groups is 1. The van der Waals surface area contributed by atoms with Crippen molar-refractivity contribution in [3.05, 3.63) is 77.1 Å². The number of anilines is 1. The molecule has 0 fully saturated rings. The monoisotopic (exact) mass is 449 g/mol. The second-order valence-electron chi connectivity index (χ2n) is 7.28. The zero-order valence-corrected chi connectivity index (χ0v) is 18.2. The normalized spacial score (nSPS) is 10.8. The van der Waals surface area contributed by atoms with Gasteiger partial charge >= 0.3 is 0 Å². The average molecular weight is 450 g/mol. The van der Waals surface area contributed by atoms with Crippen LogP contribution in [0.25, 0.3) is 22.6 Å². The molecular weight excluding hydrogens is 429 g/mol. The summed E-state index contributed by atoms with van der Waals surface area (Å²) in [6.45, 7) is 3.80. The SMILES string of the molecule is CCc1ccc2oc(-c3cc(NC(=S)NC(=O)c4ccc(F)cc4)cc(C)c3O)nc2c1. The fourth-order valence-corrected chi connectivity index (χ4v) is 3.47. The molecule has 8 heteroatoms. The first kappa shape index (κ1) is 21.5. The van der Waals surface area contributed by atoms with E-state index >= 15 is 0 Å². The Balaban J connectivity index is 1.57. The van der Waals surface area contributed by atoms with E-state index in [1.54, 1.807) is 19.1 Å². The number of nitrogens with one attached hydrogen (secondary N) is 2. The fourth-order valence-electron chi connectivity index (χ4n) is 3.26. The van der Waals surface area contributed by atoms with Crippen LogP contribution < -0.4 is 10.6 Å². The number of aromatic nitrogens is 1. The summed E-state index contributed by atoms with van der Waals surface area (Å²) in [6.07, 6.45) is 0.878. The van der Waals surface area contributed by atoms with Crippen LogP contribution in [0.15, 0.2) is 59.0 Å². The molecule has 4 rings (SSSR count). The van der Waals surface area contributed by atoms with Gasteiger partial charge in [0.1, 0.15) is 17.1 Å². The van der Waals surface area contributed by atoms with E-state index in [0.717, 1.165) is 12.0 Å². The van der Waals surface area contributed by atoms with Crippen LogP contribution in [0.4, 0.5) is 10.1 Å². The van der Waals surface area contributed by atoms with Crippen molar-refractivity contribution in [3.63, 3.8) is 0 Å². The number of halogens is 1. The third-order valence-corrected chi connectivity index (χ3v) is 5.19. The highest BCUT2D eigenvalue weighted by molar-refractivity contribution is 7.80. The number of thiocarbonyl (C=S) groups is 1. The molecule has 4 aromatic rings. The number of rotatable bonds is 4. The Hall–Kier alpha value is -3.78. The van der Waals surface area contributed by atoms with Gasteiger partial charge in [-0.2, -0.15) is 0 Å². The lowest BCUT2D eigenvalue weighted by Gasteiger charge is -2.12. The van der Waals surface area contributed by atoms with Gasteiger partial charge in [0.05, 0.1) is 5.56 Å². The van der Waals surface area contributed by atoms with Crippen molar-refractivity contribution in [2.45, 2.75) is 20.3 Å². The molecule has 0 aliphatic heterocycles. The standard InChI is InChI=1S/C24H20FN3O3S/c1-3-14-4-9-20-19(11-14)27-23(31-20)18-12-17(10-13(2)21(18)29)26-24(32)28-22(30)15-5-7-16(25)8-6-15/h4-12,29H,3H2,1-2H3,(H2,26,28,30,32). The summed E-state index contributed by atoms with van der Waals surface area (Å²) < 4.78 is 18.9. The van der Waals surface area contributed by atoms with E-state index in [-0.39, 0.29) is 22.3 Å². The zero-order chi connectivity index (χ0) is 22.8. The van der Waals surface area contributed by atoms with Crippen LogP contribution in [0.5, 0.6) is 5.75 Å². The van der Waals surface area contributed by atoms with E-state index in [2.05, 4.69) is 22.5 Å². The van der Waals surface area contributed by atoms with Gasteiger partial charge in [-0.3, -0.25) is 10.1 Å². The summed E-state index contributed by atoms with van der Waals surface area (Å²) in [6, 6.07) is 14.3. The number of benzene rings is 3. The molecule has 162 valence electrons. The molecule has 0 unspecified atom stereocenters. The molecule has 0 bridgehead atoms. The third kappa shape index (κ3) is 4.45. The molecule has 0 aliphatic carbocycles. The number of fused-ring (bicyclic) bond motifs is 1. The lowest BCUT2D eigenvalue weighted by atomic mass is 10.1. The Morgan fingerprint density at radius 1 is 1.16 bits per heavy atom. The highest BCUT2D eigenvalue weighted by atomic mass is 32.1. The smallest absolute Gasteiger partial charge is 0.257 e. The van der Waals surface area contributed by atoms with Gasteiger partial charge in [0.2, 0.25) is 5.89 Å². The number of oxazole rings is 1. The summed E-state index contributed by atoms with van der Waals surface area (Å²) in [5.41, 5.74) is 4.25. The lowest BCUT2D eigenvalue weighted by Crippen LogP contribution is -2.34. The maximum atomic E-state index is 13.1. The van der Waals surface area contributed by atoms with Crippen LogP contribution in [-0.2, 0) is 6.42 Å². The Bertz CT molecular complexity index is 1330. The number of nitrogens with zero attached hydrogens (tertiary/aromatic N) is 1. The first-order valence-corrected chi connectivity index (χ1v) is 10.4. The van der Waals surface area contributed by atoms with Gasteiger partial charge in [-0.1, -0.05) is 13.0 Å². The molecule has 1 aromatic heterocycles. The number of carbonyl (C=O) groups excluding carboxylic acids is 1. The van der Waals surface area contributed by atoms with Crippen molar-refractivity contribution in [3.8, 4) is 17.2 Å². The first-order valence-electron chi connectivity index (χ1n) is 9.95. The van der Waals surface area contributed by atoms with E-state index in [0.29, 0.717) is 27.9 Å². The summed E-state index contributed by atoms with van der Waals surface area (Å²) >= 11 is 5.24. The molecular formula is C24H20FN3O3S. The van der Waals surface area contributed by atoms with Crippen molar-refractivity contribution in [2.24, 2.45) is 0 Å². The highest BCUT2D eigenvalue weighted by Gasteiger charge is 2.17. The van der Waals surface area contributed by atoms with E-state index in [9.17, 15) is 14.3 Å². The van der Waals surface area contributed by atoms with Crippen molar-refractivity contribution in [1.29, 1.82) is 0 Å². The molecule has 0 radical (unpaired) electrons. The summed E-state index contributed by atoms with van der Waals surface area (Å²) in [4.78, 5) is 16.8. The third-order valence-electron chi connectivity index (χ3n) is 4.98. The average Bonchev–Trinajstić information content (AvgIpc) is 3.19. The predicted octanol–water partition coefficient (Wildman–Crippen LogP) is 5.34. The second kappa shape index (κ2) is 8.76. The summed E-state index contributed by atoms with van der Waals surface area (Å²) in [5.74, 6) is -0.582. The maximum absolute atomic E-state index is 13.1. The molecule has 1 amide bonds. The highest BCUT2D eigenvalue weighted by Crippen LogP contribution is 2.36. The van der Waals surface area contributed by atoms with Crippen LogP contribution in [-0.4, -0.2) is 21.1 Å². The Morgan fingerprint density at radius 3 is 2.62 bits per heavy atom. The van der Waals surface area contributed by atoms with Gasteiger partial charge in [0.25, 0.3) is 5.91 Å². The first-order chi connectivity index (χ1) is 15.3. The zero-order valence-electron chi connectivity index (χ0n) is 17.4. The van der Waals surface area contributed by atoms with Gasteiger partial charge < -0.3 is 14.8 Å². The van der Waals surface area contributed by atoms with E-state index in [1.807, 2.05) is 18.2 Å². The predicted molar refractivity (Wildman–Crippen MR) is 125 cm³/mol. The number of aryl methyl sites for hydroxylation is 2. The molecule has 6 nitrogen and oxygen atoms in total. The van der Waals surface area contributed by atoms with Crippen molar-refractivity contribution >= 4 is 40.0 Å². The number of hydrogen-bond donors (Lipinski definition) is 3. The van der Waals surface area contributed by atoms with Crippen LogP contribution in [0.1, 0.15) is 28.4 Å². The largest absolute Gasteiger partial charge is 0.507 e. The van der Waals surface area contributed by atoms with Crippen LogP contribution in [0.3, 0.4) is 0 Å². The molecule has 3 N–H and O–H groups in total. The molecule has 32 heavy (non-hydrogen) atoms. The maximum Gasteiger partial charge on any atom is 0.257 e. The summed E-state index contributed by atoms with van der Waals surface area (Å²) in [5, 5.41) is 16.1. The fraction of sp³-hybridized carbons (Fsp3) is 0.125. The Morgan fingerprint density at radius 2 is 1.91 bits per heavy atom. The van der Waals surface area contributed by atoms with E-state index in [1.165, 1.54) is 24.3 Å². The number of hydrogen-bond acceptors (Lipinski definition) is 5. The summed E-state index contributed by atoms with van der Waals surface area (Å²) in [7, 11) is 0. The van der Waals surface area contributed by atoms with Crippen LogP contribution in [0, 0.1) is 12.7 Å². The molecule has 1 heterocycles. The molecule has 3 aromatic carbocycles. The lowest BCUT2D eigenvalue weighted by molar-refractivity contribution is 0.0977. The van der Waals surface area contributed by atoms with Crippen molar-refractivity contribution in [1.82, 2.24) is 10.3 Å². The van der Waals surface area contributed by atoms with Gasteiger partial charge in [-0.15, -0.1) is 0 Å². The minimum absolute atomic E-state index is 0.0408.